The quantitative estimate of drug-likeness (QED) is 0.933. The first kappa shape index (κ1) is 15.3. The predicted octanol–water partition coefficient (Wildman–Crippen LogP) is 2.84. The molecule has 0 unspecified atom stereocenters. The van der Waals surface area contributed by atoms with Gasteiger partial charge in [-0.05, 0) is 18.9 Å². The number of thioether (sulfide) groups is 1. The van der Waals surface area contributed by atoms with Gasteiger partial charge in [-0.3, -0.25) is 4.79 Å². The van der Waals surface area contributed by atoms with Crippen LogP contribution in [0.1, 0.15) is 44.1 Å². The van der Waals surface area contributed by atoms with Crippen LogP contribution in [0.2, 0.25) is 0 Å². The van der Waals surface area contributed by atoms with Gasteiger partial charge in [0.2, 0.25) is 0 Å². The number of anilines is 1. The van der Waals surface area contributed by atoms with Crippen LogP contribution >= 0.6 is 11.8 Å². The second kappa shape index (κ2) is 6.12. The molecule has 1 saturated heterocycles. The fraction of sp³-hybridized carbons (Fsp3) is 0.667. The van der Waals surface area contributed by atoms with E-state index in [1.54, 1.807) is 6.07 Å². The number of amides is 1. The Morgan fingerprint density at radius 2 is 2.20 bits per heavy atom. The van der Waals surface area contributed by atoms with Gasteiger partial charge in [0.1, 0.15) is 5.69 Å². The van der Waals surface area contributed by atoms with Gasteiger partial charge in [-0.2, -0.15) is 11.8 Å². The summed E-state index contributed by atoms with van der Waals surface area (Å²) in [6.45, 7) is 9.11. The molecule has 112 valence electrons. The van der Waals surface area contributed by atoms with E-state index in [1.165, 1.54) is 0 Å². The summed E-state index contributed by atoms with van der Waals surface area (Å²) < 4.78 is 2.25. The molecule has 0 bridgehead atoms. The molecule has 20 heavy (non-hydrogen) atoms. The number of carbonyl (C=O) groups is 1. The van der Waals surface area contributed by atoms with Crippen molar-refractivity contribution in [2.75, 3.05) is 24.6 Å². The molecule has 1 aromatic heterocycles. The maximum atomic E-state index is 12.7. The molecule has 1 amide bonds. The molecule has 0 aliphatic carbocycles. The van der Waals surface area contributed by atoms with E-state index >= 15 is 0 Å². The Labute approximate surface area is 125 Å². The smallest absolute Gasteiger partial charge is 0.270 e. The van der Waals surface area contributed by atoms with Gasteiger partial charge in [0, 0.05) is 36.3 Å². The summed E-state index contributed by atoms with van der Waals surface area (Å²) in [7, 11) is 0. The highest BCUT2D eigenvalue weighted by Crippen LogP contribution is 2.31. The molecule has 2 N–H and O–H groups in total. The summed E-state index contributed by atoms with van der Waals surface area (Å²) in [4.78, 5) is 14.7. The first-order valence-corrected chi connectivity index (χ1v) is 8.30. The van der Waals surface area contributed by atoms with E-state index in [9.17, 15) is 4.79 Å². The van der Waals surface area contributed by atoms with E-state index in [-0.39, 0.29) is 10.7 Å². The molecule has 1 aromatic rings. The average Bonchev–Trinajstić information content (AvgIpc) is 2.63. The van der Waals surface area contributed by atoms with Crippen LogP contribution in [0.15, 0.2) is 12.3 Å². The van der Waals surface area contributed by atoms with E-state index in [2.05, 4.69) is 20.8 Å². The monoisotopic (exact) mass is 295 g/mol. The zero-order valence-electron chi connectivity index (χ0n) is 12.7. The summed E-state index contributed by atoms with van der Waals surface area (Å²) in [5, 5.41) is 0. The van der Waals surface area contributed by atoms with Crippen LogP contribution in [0.25, 0.3) is 0 Å². The summed E-state index contributed by atoms with van der Waals surface area (Å²) in [6.07, 6.45) is 3.90. The summed E-state index contributed by atoms with van der Waals surface area (Å²) in [5.74, 6) is 1.12. The third-order valence-electron chi connectivity index (χ3n) is 3.73. The number of carbonyl (C=O) groups excluding carboxylic acids is 1. The number of aryl methyl sites for hydroxylation is 1. The first-order chi connectivity index (χ1) is 9.43. The number of nitrogens with zero attached hydrogens (tertiary/aromatic N) is 2. The van der Waals surface area contributed by atoms with Crippen molar-refractivity contribution in [3.05, 3.63) is 18.0 Å². The third kappa shape index (κ3) is 3.51. The highest BCUT2D eigenvalue weighted by molar-refractivity contribution is 8.00. The van der Waals surface area contributed by atoms with Crippen molar-refractivity contribution < 1.29 is 4.79 Å². The lowest BCUT2D eigenvalue weighted by molar-refractivity contribution is 0.0753. The molecule has 0 atom stereocenters. The fourth-order valence-electron chi connectivity index (χ4n) is 2.52. The zero-order valence-corrected chi connectivity index (χ0v) is 13.5. The maximum absolute atomic E-state index is 12.7. The standard InChI is InChI=1S/C15H25N3OS/c1-4-6-18-11-12(16)10-13(18)14(19)17-7-5-15(2,3)20-9-8-17/h10-11H,4-9,16H2,1-3H3. The minimum atomic E-state index is 0.119. The van der Waals surface area contributed by atoms with E-state index in [0.717, 1.165) is 43.9 Å². The highest BCUT2D eigenvalue weighted by Gasteiger charge is 2.27. The van der Waals surface area contributed by atoms with Gasteiger partial charge in [0.25, 0.3) is 5.91 Å². The van der Waals surface area contributed by atoms with E-state index < -0.39 is 0 Å². The second-order valence-corrected chi connectivity index (χ2v) is 7.80. The predicted molar refractivity (Wildman–Crippen MR) is 86.2 cm³/mol. The number of hydrogen-bond acceptors (Lipinski definition) is 3. The Hall–Kier alpha value is -1.10. The molecule has 0 saturated carbocycles. The van der Waals surface area contributed by atoms with Crippen molar-refractivity contribution in [1.29, 1.82) is 0 Å². The Morgan fingerprint density at radius 3 is 2.90 bits per heavy atom. The number of aromatic nitrogens is 1. The molecule has 1 aliphatic rings. The van der Waals surface area contributed by atoms with Gasteiger partial charge < -0.3 is 15.2 Å². The molecule has 2 heterocycles. The molecule has 0 aromatic carbocycles. The largest absolute Gasteiger partial charge is 0.397 e. The van der Waals surface area contributed by atoms with Gasteiger partial charge in [-0.1, -0.05) is 20.8 Å². The molecule has 0 radical (unpaired) electrons. The van der Waals surface area contributed by atoms with Gasteiger partial charge in [0.05, 0.1) is 5.69 Å². The van der Waals surface area contributed by atoms with Crippen LogP contribution in [-0.4, -0.2) is 39.0 Å². The molecular weight excluding hydrogens is 270 g/mol. The zero-order chi connectivity index (χ0) is 14.8. The fourth-order valence-corrected chi connectivity index (χ4v) is 3.62. The van der Waals surface area contributed by atoms with Gasteiger partial charge in [-0.25, -0.2) is 0 Å². The summed E-state index contributed by atoms with van der Waals surface area (Å²) in [5.41, 5.74) is 7.26. The van der Waals surface area contributed by atoms with Crippen molar-refractivity contribution in [2.45, 2.75) is 44.9 Å². The summed E-state index contributed by atoms with van der Waals surface area (Å²) >= 11 is 1.95. The van der Waals surface area contributed by atoms with Gasteiger partial charge in [0.15, 0.2) is 0 Å². The Morgan fingerprint density at radius 1 is 1.45 bits per heavy atom. The second-order valence-electron chi connectivity index (χ2n) is 6.00. The Kier molecular flexibility index (Phi) is 4.68. The van der Waals surface area contributed by atoms with Crippen LogP contribution in [0.4, 0.5) is 5.69 Å². The molecule has 4 nitrogen and oxygen atoms in total. The molecule has 5 heteroatoms. The molecule has 0 spiro atoms. The van der Waals surface area contributed by atoms with Crippen molar-refractivity contribution in [2.24, 2.45) is 0 Å². The van der Waals surface area contributed by atoms with Crippen molar-refractivity contribution in [1.82, 2.24) is 9.47 Å². The van der Waals surface area contributed by atoms with Gasteiger partial charge >= 0.3 is 0 Å². The lowest BCUT2D eigenvalue weighted by atomic mass is 10.1. The summed E-state index contributed by atoms with van der Waals surface area (Å²) in [6, 6.07) is 1.81. The number of nitrogen functional groups attached to an aromatic ring is 1. The number of rotatable bonds is 3. The van der Waals surface area contributed by atoms with Gasteiger partial charge in [-0.15, -0.1) is 0 Å². The lowest BCUT2D eigenvalue weighted by Gasteiger charge is -2.23. The van der Waals surface area contributed by atoms with E-state index in [4.69, 9.17) is 5.73 Å². The highest BCUT2D eigenvalue weighted by atomic mass is 32.2. The normalized spacial score (nSPS) is 18.9. The van der Waals surface area contributed by atoms with Crippen LogP contribution in [0, 0.1) is 0 Å². The average molecular weight is 295 g/mol. The van der Waals surface area contributed by atoms with Crippen molar-refractivity contribution in [3.63, 3.8) is 0 Å². The molecular formula is C15H25N3OS. The molecule has 1 fully saturated rings. The number of nitrogens with two attached hydrogens (primary N) is 1. The van der Waals surface area contributed by atoms with Crippen molar-refractivity contribution >= 4 is 23.4 Å². The maximum Gasteiger partial charge on any atom is 0.270 e. The number of hydrogen-bond donors (Lipinski definition) is 1. The van der Waals surface area contributed by atoms with Crippen LogP contribution in [0.5, 0.6) is 0 Å². The topological polar surface area (TPSA) is 51.3 Å². The molecule has 1 aliphatic heterocycles. The minimum absolute atomic E-state index is 0.119. The molecule has 2 rings (SSSR count). The van der Waals surface area contributed by atoms with Crippen LogP contribution in [0.3, 0.4) is 0 Å². The Balaban J connectivity index is 2.14. The van der Waals surface area contributed by atoms with Crippen LogP contribution in [-0.2, 0) is 6.54 Å². The SMILES string of the molecule is CCCn1cc(N)cc1C(=O)N1CCSC(C)(C)CC1. The Bertz CT molecular complexity index is 481. The minimum Gasteiger partial charge on any atom is -0.397 e. The third-order valence-corrected chi connectivity index (χ3v) is 5.10. The van der Waals surface area contributed by atoms with E-state index in [1.807, 2.05) is 27.4 Å². The first-order valence-electron chi connectivity index (χ1n) is 7.32. The lowest BCUT2D eigenvalue weighted by Crippen LogP contribution is -2.34. The van der Waals surface area contributed by atoms with Crippen LogP contribution < -0.4 is 5.73 Å². The van der Waals surface area contributed by atoms with Crippen molar-refractivity contribution in [3.8, 4) is 0 Å². The van der Waals surface area contributed by atoms with E-state index in [0.29, 0.717) is 5.69 Å².